The van der Waals surface area contributed by atoms with Crippen LogP contribution in [0.15, 0.2) is 45.7 Å². The van der Waals surface area contributed by atoms with Gasteiger partial charge in [0.1, 0.15) is 11.5 Å². The van der Waals surface area contributed by atoms with Crippen molar-refractivity contribution in [2.24, 2.45) is 5.92 Å². The van der Waals surface area contributed by atoms with Gasteiger partial charge in [-0.2, -0.15) is 0 Å². The maximum absolute atomic E-state index is 12.5. The first kappa shape index (κ1) is 21.4. The molecule has 7 heteroatoms. The average Bonchev–Trinajstić information content (AvgIpc) is 3.18. The summed E-state index contributed by atoms with van der Waals surface area (Å²) in [5.41, 5.74) is 2.01. The second-order valence-corrected chi connectivity index (χ2v) is 9.21. The Morgan fingerprint density at radius 3 is 2.68 bits per heavy atom. The van der Waals surface area contributed by atoms with Crippen LogP contribution in [0.5, 0.6) is 0 Å². The Morgan fingerprint density at radius 2 is 1.97 bits per heavy atom. The summed E-state index contributed by atoms with van der Waals surface area (Å²) in [6.45, 7) is 4.59. The van der Waals surface area contributed by atoms with Crippen LogP contribution < -0.4 is 5.32 Å². The molecule has 2 heterocycles. The van der Waals surface area contributed by atoms with Crippen LogP contribution in [0.1, 0.15) is 48.3 Å². The number of imide groups is 1. The van der Waals surface area contributed by atoms with Gasteiger partial charge in [0.25, 0.3) is 11.1 Å². The molecule has 0 bridgehead atoms. The Morgan fingerprint density at radius 1 is 1.23 bits per heavy atom. The fraction of sp³-hybridized carbons (Fsp3) is 0.375. The summed E-state index contributed by atoms with van der Waals surface area (Å²) in [6.07, 6.45) is 3.74. The van der Waals surface area contributed by atoms with Crippen molar-refractivity contribution < 1.29 is 18.8 Å². The number of nitrogens with one attached hydrogen (secondary N) is 1. The van der Waals surface area contributed by atoms with E-state index in [9.17, 15) is 14.4 Å². The summed E-state index contributed by atoms with van der Waals surface area (Å²) < 4.78 is 5.82. The van der Waals surface area contributed by atoms with Gasteiger partial charge in [-0.3, -0.25) is 19.3 Å². The van der Waals surface area contributed by atoms with Gasteiger partial charge in [-0.1, -0.05) is 36.8 Å². The van der Waals surface area contributed by atoms with E-state index in [-0.39, 0.29) is 30.1 Å². The highest BCUT2D eigenvalue weighted by Crippen LogP contribution is 2.47. The van der Waals surface area contributed by atoms with Gasteiger partial charge in [-0.25, -0.2) is 0 Å². The van der Waals surface area contributed by atoms with Crippen LogP contribution in [0, 0.1) is 12.8 Å². The monoisotopic (exact) mass is 438 g/mol. The quantitative estimate of drug-likeness (QED) is 0.614. The van der Waals surface area contributed by atoms with Crippen molar-refractivity contribution in [1.29, 1.82) is 0 Å². The molecule has 1 saturated heterocycles. The highest BCUT2D eigenvalue weighted by Gasteiger charge is 2.36. The molecule has 1 aliphatic carbocycles. The van der Waals surface area contributed by atoms with Gasteiger partial charge in [0, 0.05) is 31.8 Å². The van der Waals surface area contributed by atoms with Gasteiger partial charge in [0.05, 0.1) is 4.91 Å². The van der Waals surface area contributed by atoms with Crippen molar-refractivity contribution in [1.82, 2.24) is 10.2 Å². The molecule has 2 aromatic rings. The Kier molecular flexibility index (Phi) is 6.32. The lowest BCUT2D eigenvalue weighted by Crippen LogP contribution is -2.37. The molecule has 1 saturated carbocycles. The first-order chi connectivity index (χ1) is 14.9. The van der Waals surface area contributed by atoms with Gasteiger partial charge in [-0.15, -0.1) is 0 Å². The van der Waals surface area contributed by atoms with Gasteiger partial charge in [0.15, 0.2) is 0 Å². The highest BCUT2D eigenvalue weighted by molar-refractivity contribution is 8.18. The van der Waals surface area contributed by atoms with Crippen molar-refractivity contribution >= 4 is 34.9 Å². The van der Waals surface area contributed by atoms with E-state index < -0.39 is 0 Å². The van der Waals surface area contributed by atoms with Crippen LogP contribution in [0.4, 0.5) is 4.79 Å². The zero-order valence-corrected chi connectivity index (χ0v) is 18.5. The van der Waals surface area contributed by atoms with E-state index in [4.69, 9.17) is 4.42 Å². The summed E-state index contributed by atoms with van der Waals surface area (Å²) in [5, 5.41) is 2.48. The molecule has 1 aromatic heterocycles. The topological polar surface area (TPSA) is 79.6 Å². The molecule has 2 fully saturated rings. The summed E-state index contributed by atoms with van der Waals surface area (Å²) in [6, 6.07) is 11.7. The number of furan rings is 1. The van der Waals surface area contributed by atoms with Gasteiger partial charge < -0.3 is 9.73 Å². The average molecular weight is 439 g/mol. The zero-order chi connectivity index (χ0) is 22.0. The Labute approximate surface area is 186 Å². The number of rotatable bonds is 8. The third kappa shape index (κ3) is 5.28. The molecule has 1 aliphatic heterocycles. The van der Waals surface area contributed by atoms with E-state index in [1.165, 1.54) is 11.3 Å². The van der Waals surface area contributed by atoms with Gasteiger partial charge in [-0.05, 0) is 54.8 Å². The number of carbonyl (C=O) groups excluding carboxylic acids is 3. The summed E-state index contributed by atoms with van der Waals surface area (Å²) in [4.78, 5) is 38.5. The predicted molar refractivity (Wildman–Crippen MR) is 120 cm³/mol. The second kappa shape index (κ2) is 9.14. The summed E-state index contributed by atoms with van der Waals surface area (Å²) in [5.74, 6) is 2.60. The van der Waals surface area contributed by atoms with Gasteiger partial charge in [0.2, 0.25) is 5.91 Å². The molecule has 4 rings (SSSR count). The minimum atomic E-state index is -0.317. The molecule has 3 amide bonds. The molecule has 1 aromatic carbocycles. The number of thioether (sulfide) groups is 1. The van der Waals surface area contributed by atoms with E-state index in [2.05, 4.69) is 12.2 Å². The minimum absolute atomic E-state index is 0.125. The lowest BCUT2D eigenvalue weighted by atomic mass is 10.1. The van der Waals surface area contributed by atoms with Crippen LogP contribution in [-0.2, 0) is 16.0 Å². The maximum Gasteiger partial charge on any atom is 0.293 e. The Balaban J connectivity index is 1.22. The van der Waals surface area contributed by atoms with E-state index >= 15 is 0 Å². The van der Waals surface area contributed by atoms with E-state index in [1.807, 2.05) is 43.3 Å². The molecular weight excluding hydrogens is 412 g/mol. The lowest BCUT2D eigenvalue weighted by molar-refractivity contribution is -0.124. The largest absolute Gasteiger partial charge is 0.466 e. The Bertz CT molecular complexity index is 1020. The second-order valence-electron chi connectivity index (χ2n) is 8.22. The summed E-state index contributed by atoms with van der Waals surface area (Å²) in [7, 11) is 0. The number of amides is 3. The first-order valence-corrected chi connectivity index (χ1v) is 11.4. The van der Waals surface area contributed by atoms with Crippen LogP contribution in [-0.4, -0.2) is 35.0 Å². The third-order valence-corrected chi connectivity index (χ3v) is 6.57. The van der Waals surface area contributed by atoms with Crippen molar-refractivity contribution in [2.75, 3.05) is 13.1 Å². The van der Waals surface area contributed by atoms with E-state index in [0.717, 1.165) is 34.4 Å². The fourth-order valence-electron chi connectivity index (χ4n) is 3.59. The predicted octanol–water partition coefficient (Wildman–Crippen LogP) is 4.50. The normalized spacial score (nSPS) is 21.7. The Hall–Kier alpha value is -2.80. The van der Waals surface area contributed by atoms with Gasteiger partial charge >= 0.3 is 0 Å². The van der Waals surface area contributed by atoms with Crippen LogP contribution in [0.3, 0.4) is 0 Å². The lowest BCUT2D eigenvalue weighted by Gasteiger charge is -2.12. The van der Waals surface area contributed by atoms with Crippen LogP contribution in [0.2, 0.25) is 0 Å². The molecule has 2 unspecified atom stereocenters. The maximum atomic E-state index is 12.5. The van der Waals surface area contributed by atoms with Crippen molar-refractivity contribution in [2.45, 2.75) is 39.0 Å². The van der Waals surface area contributed by atoms with Crippen molar-refractivity contribution in [3.63, 3.8) is 0 Å². The SMILES string of the molecule is Cc1ccc(/C=C2/SC(=O)N(CCNC(=O)CCc3ccc(C4CC4C)o3)C2=O)cc1. The first-order valence-electron chi connectivity index (χ1n) is 10.6. The molecule has 0 spiro atoms. The molecule has 0 radical (unpaired) electrons. The zero-order valence-electron chi connectivity index (χ0n) is 17.7. The molecule has 2 aliphatic rings. The molecular formula is C24H26N2O4S. The molecule has 31 heavy (non-hydrogen) atoms. The van der Waals surface area contributed by atoms with Crippen LogP contribution >= 0.6 is 11.8 Å². The summed E-state index contributed by atoms with van der Waals surface area (Å²) >= 11 is 0.930. The van der Waals surface area contributed by atoms with Crippen molar-refractivity contribution in [3.8, 4) is 0 Å². The number of aryl methyl sites for hydroxylation is 2. The third-order valence-electron chi connectivity index (χ3n) is 5.66. The molecule has 1 N–H and O–H groups in total. The standard InChI is InChI=1S/C24H26N2O4S/c1-15-3-5-17(6-4-15)14-21-23(28)26(24(29)31-21)12-11-25-22(27)10-8-18-7-9-20(30-18)19-13-16(19)2/h3-7,9,14,16,19H,8,10-13H2,1-2H3,(H,25,27)/b21-14+. The smallest absolute Gasteiger partial charge is 0.293 e. The van der Waals surface area contributed by atoms with Crippen molar-refractivity contribution in [3.05, 3.63) is 64.0 Å². The number of hydrogen-bond donors (Lipinski definition) is 1. The number of carbonyl (C=O) groups is 3. The van der Waals surface area contributed by atoms with E-state index in [0.29, 0.717) is 29.6 Å². The highest BCUT2D eigenvalue weighted by atomic mass is 32.2. The molecule has 6 nitrogen and oxygen atoms in total. The number of nitrogens with zero attached hydrogens (tertiary/aromatic N) is 1. The number of benzene rings is 1. The number of hydrogen-bond acceptors (Lipinski definition) is 5. The van der Waals surface area contributed by atoms with Crippen LogP contribution in [0.25, 0.3) is 6.08 Å². The molecule has 162 valence electrons. The fourth-order valence-corrected chi connectivity index (χ4v) is 4.45. The van der Waals surface area contributed by atoms with E-state index in [1.54, 1.807) is 6.08 Å². The minimum Gasteiger partial charge on any atom is -0.466 e. The molecule has 2 atom stereocenters.